The summed E-state index contributed by atoms with van der Waals surface area (Å²) in [5.74, 6) is 0.348. The average Bonchev–Trinajstić information content (AvgIpc) is 2.94. The first-order valence-electron chi connectivity index (χ1n) is 13.0. The van der Waals surface area contributed by atoms with E-state index in [-0.39, 0.29) is 30.9 Å². The van der Waals surface area contributed by atoms with Crippen LogP contribution in [0.3, 0.4) is 0 Å². The summed E-state index contributed by atoms with van der Waals surface area (Å²) >= 11 is 12.4. The highest BCUT2D eigenvalue weighted by Crippen LogP contribution is 2.26. The summed E-state index contributed by atoms with van der Waals surface area (Å²) < 4.78 is 6.05. The molecular weight excluding hydrogens is 531 g/mol. The number of carbonyl (C=O) groups excluding carboxylic acids is 2. The van der Waals surface area contributed by atoms with Gasteiger partial charge in [-0.25, -0.2) is 0 Å². The fourth-order valence-electron chi connectivity index (χ4n) is 4.36. The highest BCUT2D eigenvalue weighted by atomic mass is 35.5. The number of hydrogen-bond donors (Lipinski definition) is 1. The van der Waals surface area contributed by atoms with Crippen molar-refractivity contribution < 1.29 is 14.3 Å². The van der Waals surface area contributed by atoms with Crippen LogP contribution in [0.4, 0.5) is 0 Å². The molecule has 1 N–H and O–H groups in total. The Kier molecular flexibility index (Phi) is 9.85. The maximum absolute atomic E-state index is 13.8. The van der Waals surface area contributed by atoms with Gasteiger partial charge in [0.05, 0.1) is 10.0 Å². The summed E-state index contributed by atoms with van der Waals surface area (Å²) in [6, 6.07) is 27.7. The molecule has 1 atom stereocenters. The van der Waals surface area contributed by atoms with Crippen molar-refractivity contribution >= 4 is 45.8 Å². The van der Waals surface area contributed by atoms with Gasteiger partial charge in [-0.15, -0.1) is 0 Å². The van der Waals surface area contributed by atoms with Crippen molar-refractivity contribution in [1.82, 2.24) is 10.2 Å². The molecule has 0 fully saturated rings. The van der Waals surface area contributed by atoms with Crippen molar-refractivity contribution in [3.63, 3.8) is 0 Å². The van der Waals surface area contributed by atoms with Crippen LogP contribution in [0.2, 0.25) is 10.0 Å². The molecule has 0 radical (unpaired) electrons. The van der Waals surface area contributed by atoms with Crippen LogP contribution < -0.4 is 10.1 Å². The van der Waals surface area contributed by atoms with Crippen LogP contribution >= 0.6 is 23.2 Å². The third kappa shape index (κ3) is 7.75. The standard InChI is InChI=1S/C32H32Cl2N2O3/c1-22(2)19-35-32(38)29(18-23-9-4-3-5-10-23)36(20-24-15-16-27(33)28(34)17-24)31(37)21-39-30-14-8-12-25-11-6-7-13-26(25)30/h3-17,22,29H,18-21H2,1-2H3,(H,35,38)/t29-/m1/s1. The van der Waals surface area contributed by atoms with Crippen LogP contribution in [0.1, 0.15) is 25.0 Å². The lowest BCUT2D eigenvalue weighted by Gasteiger charge is -2.32. The zero-order valence-corrected chi connectivity index (χ0v) is 23.6. The van der Waals surface area contributed by atoms with Crippen molar-refractivity contribution in [3.8, 4) is 5.75 Å². The van der Waals surface area contributed by atoms with Crippen LogP contribution in [-0.2, 0) is 22.6 Å². The van der Waals surface area contributed by atoms with Gasteiger partial charge in [0.2, 0.25) is 5.91 Å². The van der Waals surface area contributed by atoms with Crippen molar-refractivity contribution in [2.75, 3.05) is 13.2 Å². The number of benzene rings is 4. The molecule has 0 aliphatic carbocycles. The van der Waals surface area contributed by atoms with E-state index in [1.54, 1.807) is 17.0 Å². The fraction of sp³-hybridized carbons (Fsp3) is 0.250. The molecule has 202 valence electrons. The number of rotatable bonds is 11. The second kappa shape index (κ2) is 13.5. The van der Waals surface area contributed by atoms with Crippen molar-refractivity contribution in [2.45, 2.75) is 32.9 Å². The quantitative estimate of drug-likeness (QED) is 0.215. The normalized spacial score (nSPS) is 11.8. The molecule has 4 aromatic rings. The molecule has 0 unspecified atom stereocenters. The number of nitrogens with one attached hydrogen (secondary N) is 1. The predicted molar refractivity (Wildman–Crippen MR) is 158 cm³/mol. The van der Waals surface area contributed by atoms with Gasteiger partial charge in [0.1, 0.15) is 11.8 Å². The highest BCUT2D eigenvalue weighted by molar-refractivity contribution is 6.42. The van der Waals surface area contributed by atoms with Crippen LogP contribution in [0, 0.1) is 5.92 Å². The van der Waals surface area contributed by atoms with E-state index < -0.39 is 6.04 Å². The first kappa shape index (κ1) is 28.5. The SMILES string of the molecule is CC(C)CNC(=O)[C@@H](Cc1ccccc1)N(Cc1ccc(Cl)c(Cl)c1)C(=O)COc1cccc2ccccc12. The average molecular weight is 564 g/mol. The first-order chi connectivity index (χ1) is 18.8. The van der Waals surface area contributed by atoms with Gasteiger partial charge in [-0.05, 0) is 40.6 Å². The van der Waals surface area contributed by atoms with E-state index in [9.17, 15) is 9.59 Å². The van der Waals surface area contributed by atoms with E-state index in [0.29, 0.717) is 28.8 Å². The van der Waals surface area contributed by atoms with E-state index in [1.807, 2.05) is 92.7 Å². The maximum Gasteiger partial charge on any atom is 0.261 e. The van der Waals surface area contributed by atoms with Crippen LogP contribution in [0.25, 0.3) is 10.8 Å². The lowest BCUT2D eigenvalue weighted by atomic mass is 10.0. The van der Waals surface area contributed by atoms with Crippen molar-refractivity contribution in [1.29, 1.82) is 0 Å². The molecule has 7 heteroatoms. The van der Waals surface area contributed by atoms with E-state index in [0.717, 1.165) is 21.9 Å². The van der Waals surface area contributed by atoms with Gasteiger partial charge in [0.25, 0.3) is 5.91 Å². The summed E-state index contributed by atoms with van der Waals surface area (Å²) in [4.78, 5) is 29.0. The number of amides is 2. The van der Waals surface area contributed by atoms with E-state index in [4.69, 9.17) is 27.9 Å². The van der Waals surface area contributed by atoms with Gasteiger partial charge < -0.3 is 15.0 Å². The van der Waals surface area contributed by atoms with Crippen molar-refractivity contribution in [2.24, 2.45) is 5.92 Å². The number of carbonyl (C=O) groups is 2. The topological polar surface area (TPSA) is 58.6 Å². The number of ether oxygens (including phenoxy) is 1. The zero-order valence-electron chi connectivity index (χ0n) is 22.1. The lowest BCUT2D eigenvalue weighted by molar-refractivity contribution is -0.142. The second-order valence-corrected chi connectivity index (χ2v) is 10.7. The largest absolute Gasteiger partial charge is 0.483 e. The molecule has 4 rings (SSSR count). The molecule has 0 saturated carbocycles. The second-order valence-electron chi connectivity index (χ2n) is 9.88. The number of nitrogens with zero attached hydrogens (tertiary/aromatic N) is 1. The summed E-state index contributed by atoms with van der Waals surface area (Å²) in [6.45, 7) is 4.51. The Bertz CT molecular complexity index is 1420. The Morgan fingerprint density at radius 1 is 0.846 bits per heavy atom. The van der Waals surface area contributed by atoms with Crippen LogP contribution in [-0.4, -0.2) is 35.9 Å². The van der Waals surface area contributed by atoms with Crippen LogP contribution in [0.5, 0.6) is 5.75 Å². The van der Waals surface area contributed by atoms with Gasteiger partial charge in [-0.3, -0.25) is 9.59 Å². The number of hydrogen-bond acceptors (Lipinski definition) is 3. The maximum atomic E-state index is 13.8. The molecule has 0 saturated heterocycles. The van der Waals surface area contributed by atoms with Gasteiger partial charge >= 0.3 is 0 Å². The van der Waals surface area contributed by atoms with Crippen molar-refractivity contribution in [3.05, 3.63) is 112 Å². The summed E-state index contributed by atoms with van der Waals surface area (Å²) in [5, 5.41) is 5.77. The summed E-state index contributed by atoms with van der Waals surface area (Å²) in [5.41, 5.74) is 1.71. The minimum atomic E-state index is -0.760. The third-order valence-electron chi connectivity index (χ3n) is 6.39. The fourth-order valence-corrected chi connectivity index (χ4v) is 4.68. The Morgan fingerprint density at radius 2 is 1.56 bits per heavy atom. The van der Waals surface area contributed by atoms with E-state index >= 15 is 0 Å². The van der Waals surface area contributed by atoms with E-state index in [2.05, 4.69) is 5.32 Å². The lowest BCUT2D eigenvalue weighted by Crippen LogP contribution is -2.52. The summed E-state index contributed by atoms with van der Waals surface area (Å²) in [7, 11) is 0. The Morgan fingerprint density at radius 3 is 2.31 bits per heavy atom. The molecule has 0 aromatic heterocycles. The number of halogens is 2. The highest BCUT2D eigenvalue weighted by Gasteiger charge is 2.31. The zero-order chi connectivity index (χ0) is 27.8. The number of fused-ring (bicyclic) bond motifs is 1. The van der Waals surface area contributed by atoms with Gasteiger partial charge in [0.15, 0.2) is 6.61 Å². The monoisotopic (exact) mass is 562 g/mol. The minimum Gasteiger partial charge on any atom is -0.483 e. The molecule has 0 heterocycles. The molecule has 4 aromatic carbocycles. The molecule has 0 spiro atoms. The Balaban J connectivity index is 1.65. The van der Waals surface area contributed by atoms with Gasteiger partial charge in [-0.1, -0.05) is 110 Å². The first-order valence-corrected chi connectivity index (χ1v) is 13.7. The molecule has 2 amide bonds. The Hall–Kier alpha value is -3.54. The molecule has 0 aliphatic rings. The smallest absolute Gasteiger partial charge is 0.261 e. The molecule has 39 heavy (non-hydrogen) atoms. The molecule has 0 aliphatic heterocycles. The van der Waals surface area contributed by atoms with Gasteiger partial charge in [0, 0.05) is 24.9 Å². The minimum absolute atomic E-state index is 0.168. The Labute approximate surface area is 239 Å². The predicted octanol–water partition coefficient (Wildman–Crippen LogP) is 6.94. The third-order valence-corrected chi connectivity index (χ3v) is 7.13. The molecular formula is C32H32Cl2N2O3. The molecule has 0 bridgehead atoms. The summed E-state index contributed by atoms with van der Waals surface area (Å²) in [6.07, 6.45) is 0.353. The van der Waals surface area contributed by atoms with Crippen LogP contribution in [0.15, 0.2) is 91.0 Å². The van der Waals surface area contributed by atoms with E-state index in [1.165, 1.54) is 0 Å². The van der Waals surface area contributed by atoms with Gasteiger partial charge in [-0.2, -0.15) is 0 Å². The molecule has 5 nitrogen and oxygen atoms in total.